The maximum atomic E-state index is 12.4. The summed E-state index contributed by atoms with van der Waals surface area (Å²) in [6.07, 6.45) is 3.45. The second-order valence-electron chi connectivity index (χ2n) is 7.29. The minimum absolute atomic E-state index is 0.0348. The molecule has 4 rings (SSSR count). The number of hydrogen-bond donors (Lipinski definition) is 1. The normalized spacial score (nSPS) is 16.4. The van der Waals surface area contributed by atoms with Crippen LogP contribution in [0, 0.1) is 5.92 Å². The summed E-state index contributed by atoms with van der Waals surface area (Å²) in [6.45, 7) is 2.71. The molecule has 7 nitrogen and oxygen atoms in total. The van der Waals surface area contributed by atoms with Crippen LogP contribution in [0.25, 0.3) is 0 Å². The van der Waals surface area contributed by atoms with Crippen LogP contribution in [0.5, 0.6) is 5.88 Å². The fourth-order valence-electron chi connectivity index (χ4n) is 3.24. The molecule has 29 heavy (non-hydrogen) atoms. The lowest BCUT2D eigenvalue weighted by atomic mass is 10.2. The number of rotatable bonds is 6. The molecule has 2 heterocycles. The van der Waals surface area contributed by atoms with Crippen molar-refractivity contribution in [3.8, 4) is 5.88 Å². The van der Waals surface area contributed by atoms with Gasteiger partial charge in [-0.2, -0.15) is 0 Å². The lowest BCUT2D eigenvalue weighted by Gasteiger charge is -2.36. The summed E-state index contributed by atoms with van der Waals surface area (Å²) >= 11 is 6.06. The average molecular weight is 415 g/mol. The smallest absolute Gasteiger partial charge is 0.260 e. The molecule has 0 bridgehead atoms. The van der Waals surface area contributed by atoms with Crippen LogP contribution in [0.15, 0.2) is 42.6 Å². The van der Waals surface area contributed by atoms with Crippen molar-refractivity contribution in [3.05, 3.63) is 47.6 Å². The van der Waals surface area contributed by atoms with E-state index in [1.807, 2.05) is 24.3 Å². The molecule has 0 spiro atoms. The summed E-state index contributed by atoms with van der Waals surface area (Å²) in [5.41, 5.74) is 1.71. The van der Waals surface area contributed by atoms with Gasteiger partial charge in [0.25, 0.3) is 5.91 Å². The highest BCUT2D eigenvalue weighted by molar-refractivity contribution is 6.30. The fourth-order valence-corrected chi connectivity index (χ4v) is 3.43. The van der Waals surface area contributed by atoms with Crippen molar-refractivity contribution < 1.29 is 14.3 Å². The molecule has 0 atom stereocenters. The van der Waals surface area contributed by atoms with Gasteiger partial charge in [0, 0.05) is 48.9 Å². The molecule has 1 N–H and O–H groups in total. The number of pyridine rings is 1. The number of nitrogens with one attached hydrogen (secondary N) is 1. The van der Waals surface area contributed by atoms with Crippen molar-refractivity contribution >= 4 is 34.8 Å². The molecule has 8 heteroatoms. The van der Waals surface area contributed by atoms with E-state index in [0.717, 1.165) is 31.6 Å². The first kappa shape index (κ1) is 19.5. The topological polar surface area (TPSA) is 74.8 Å². The summed E-state index contributed by atoms with van der Waals surface area (Å²) in [5, 5.41) is 3.53. The van der Waals surface area contributed by atoms with E-state index in [-0.39, 0.29) is 24.3 Å². The van der Waals surface area contributed by atoms with E-state index < -0.39 is 0 Å². The first-order valence-corrected chi connectivity index (χ1v) is 10.1. The van der Waals surface area contributed by atoms with Gasteiger partial charge in [0.1, 0.15) is 0 Å². The summed E-state index contributed by atoms with van der Waals surface area (Å²) < 4.78 is 5.52. The molecular weight excluding hydrogens is 392 g/mol. The van der Waals surface area contributed by atoms with E-state index in [4.69, 9.17) is 16.3 Å². The van der Waals surface area contributed by atoms with E-state index in [2.05, 4.69) is 15.2 Å². The molecule has 0 unspecified atom stereocenters. The highest BCUT2D eigenvalue weighted by atomic mass is 35.5. The predicted molar refractivity (Wildman–Crippen MR) is 111 cm³/mol. The van der Waals surface area contributed by atoms with Crippen molar-refractivity contribution in [2.45, 2.75) is 12.8 Å². The van der Waals surface area contributed by atoms with Crippen molar-refractivity contribution in [3.63, 3.8) is 0 Å². The number of piperazine rings is 1. The Balaban J connectivity index is 1.22. The molecule has 1 aromatic heterocycles. The summed E-state index contributed by atoms with van der Waals surface area (Å²) in [4.78, 5) is 32.4. The maximum absolute atomic E-state index is 12.4. The molecule has 152 valence electrons. The van der Waals surface area contributed by atoms with E-state index in [1.165, 1.54) is 0 Å². The van der Waals surface area contributed by atoms with Crippen LogP contribution in [0.4, 0.5) is 11.4 Å². The zero-order chi connectivity index (χ0) is 20.2. The molecule has 1 saturated heterocycles. The van der Waals surface area contributed by atoms with Gasteiger partial charge in [0.15, 0.2) is 6.61 Å². The zero-order valence-corrected chi connectivity index (χ0v) is 16.8. The zero-order valence-electron chi connectivity index (χ0n) is 16.0. The molecule has 2 fully saturated rings. The summed E-state index contributed by atoms with van der Waals surface area (Å²) in [5.74, 6) is 0.472. The van der Waals surface area contributed by atoms with Gasteiger partial charge in [0.05, 0.1) is 11.9 Å². The third-order valence-electron chi connectivity index (χ3n) is 5.10. The van der Waals surface area contributed by atoms with Gasteiger partial charge >= 0.3 is 0 Å². The van der Waals surface area contributed by atoms with Crippen LogP contribution in [0.3, 0.4) is 0 Å². The largest absolute Gasteiger partial charge is 0.468 e. The van der Waals surface area contributed by atoms with E-state index in [1.54, 1.807) is 23.2 Å². The maximum Gasteiger partial charge on any atom is 0.260 e. The van der Waals surface area contributed by atoms with Gasteiger partial charge in [-0.1, -0.05) is 17.7 Å². The number of amides is 2. The number of ether oxygens (including phenoxy) is 1. The van der Waals surface area contributed by atoms with Crippen molar-refractivity contribution in [2.75, 3.05) is 43.0 Å². The molecule has 1 aliphatic heterocycles. The Morgan fingerprint density at radius 3 is 2.59 bits per heavy atom. The number of carbonyl (C=O) groups excluding carboxylic acids is 2. The molecular formula is C21H23ClN4O3. The van der Waals surface area contributed by atoms with Gasteiger partial charge in [-0.15, -0.1) is 0 Å². The van der Waals surface area contributed by atoms with Crippen LogP contribution in [-0.2, 0) is 9.59 Å². The molecule has 0 radical (unpaired) electrons. The van der Waals surface area contributed by atoms with Crippen LogP contribution < -0.4 is 15.0 Å². The summed E-state index contributed by atoms with van der Waals surface area (Å²) in [6, 6.07) is 11.1. The number of nitrogens with zero attached hydrogens (tertiary/aromatic N) is 3. The minimum Gasteiger partial charge on any atom is -0.468 e. The third kappa shape index (κ3) is 5.17. The monoisotopic (exact) mass is 414 g/mol. The van der Waals surface area contributed by atoms with E-state index in [9.17, 15) is 9.59 Å². The lowest BCUT2D eigenvalue weighted by molar-refractivity contribution is -0.133. The molecule has 1 saturated carbocycles. The van der Waals surface area contributed by atoms with Crippen molar-refractivity contribution in [2.24, 2.45) is 5.92 Å². The highest BCUT2D eigenvalue weighted by Gasteiger charge is 2.29. The quantitative estimate of drug-likeness (QED) is 0.786. The van der Waals surface area contributed by atoms with Gasteiger partial charge in [0.2, 0.25) is 11.8 Å². The molecule has 2 amide bonds. The Bertz CT molecular complexity index is 878. The number of halogens is 1. The van der Waals surface area contributed by atoms with E-state index in [0.29, 0.717) is 29.7 Å². The minimum atomic E-state index is -0.0661. The van der Waals surface area contributed by atoms with Crippen LogP contribution in [-0.4, -0.2) is 54.5 Å². The van der Waals surface area contributed by atoms with E-state index >= 15 is 0 Å². The van der Waals surface area contributed by atoms with Crippen LogP contribution >= 0.6 is 11.6 Å². The average Bonchev–Trinajstić information content (AvgIpc) is 3.59. The number of anilines is 2. The third-order valence-corrected chi connectivity index (χ3v) is 5.34. The molecule has 2 aromatic rings. The van der Waals surface area contributed by atoms with Gasteiger partial charge in [-0.05, 0) is 37.1 Å². The standard InChI is InChI=1S/C21H23ClN4O3/c22-16-2-1-3-18(12-16)25-8-10-26(11-9-25)20(27)14-29-19-7-6-17(13-23-19)24-21(28)15-4-5-15/h1-3,6-7,12-13,15H,4-5,8-11,14H2,(H,24,28). The Hall–Kier alpha value is -2.80. The second kappa shape index (κ2) is 8.69. The van der Waals surface area contributed by atoms with Gasteiger partial charge in [-0.3, -0.25) is 9.59 Å². The van der Waals surface area contributed by atoms with Gasteiger partial charge in [-0.25, -0.2) is 4.98 Å². The number of aromatic nitrogens is 1. The SMILES string of the molecule is O=C(Nc1ccc(OCC(=O)N2CCN(c3cccc(Cl)c3)CC2)nc1)C1CC1. The van der Waals surface area contributed by atoms with Gasteiger partial charge < -0.3 is 19.9 Å². The fraction of sp³-hybridized carbons (Fsp3) is 0.381. The number of carbonyl (C=O) groups is 2. The lowest BCUT2D eigenvalue weighted by Crippen LogP contribution is -2.50. The molecule has 2 aliphatic rings. The van der Waals surface area contributed by atoms with Crippen LogP contribution in [0.1, 0.15) is 12.8 Å². The molecule has 1 aliphatic carbocycles. The molecule has 1 aromatic carbocycles. The highest BCUT2D eigenvalue weighted by Crippen LogP contribution is 2.30. The number of hydrogen-bond acceptors (Lipinski definition) is 5. The van der Waals surface area contributed by atoms with Crippen LogP contribution in [0.2, 0.25) is 5.02 Å². The predicted octanol–water partition coefficient (Wildman–Crippen LogP) is 2.81. The first-order valence-electron chi connectivity index (χ1n) is 9.76. The Labute approximate surface area is 174 Å². The first-order chi connectivity index (χ1) is 14.1. The Morgan fingerprint density at radius 2 is 1.93 bits per heavy atom. The number of benzene rings is 1. The summed E-state index contributed by atoms with van der Waals surface area (Å²) in [7, 11) is 0. The van der Waals surface area contributed by atoms with Crippen molar-refractivity contribution in [1.29, 1.82) is 0 Å². The van der Waals surface area contributed by atoms with Crippen molar-refractivity contribution in [1.82, 2.24) is 9.88 Å². The Morgan fingerprint density at radius 1 is 1.14 bits per heavy atom. The second-order valence-corrected chi connectivity index (χ2v) is 7.72. The Kier molecular flexibility index (Phi) is 5.85.